The summed E-state index contributed by atoms with van der Waals surface area (Å²) in [6, 6.07) is 11.9. The van der Waals surface area contributed by atoms with Gasteiger partial charge in [0.1, 0.15) is 5.75 Å². The van der Waals surface area contributed by atoms with Crippen molar-refractivity contribution < 1.29 is 14.3 Å². The van der Waals surface area contributed by atoms with Crippen LogP contribution in [0.2, 0.25) is 0 Å². The van der Waals surface area contributed by atoms with Gasteiger partial charge in [0, 0.05) is 5.56 Å². The summed E-state index contributed by atoms with van der Waals surface area (Å²) < 4.78 is 5.78. The Labute approximate surface area is 169 Å². The van der Waals surface area contributed by atoms with Gasteiger partial charge in [-0.3, -0.25) is 9.59 Å². The largest absolute Gasteiger partial charge is 0.493 e. The Morgan fingerprint density at radius 2 is 1.72 bits per heavy atom. The van der Waals surface area contributed by atoms with Crippen LogP contribution in [-0.2, 0) is 9.59 Å². The van der Waals surface area contributed by atoms with Gasteiger partial charge in [-0.2, -0.15) is 10.1 Å². The van der Waals surface area contributed by atoms with E-state index in [0.29, 0.717) is 24.2 Å². The number of fused-ring (bicyclic) bond motifs is 1. The molecule has 1 aliphatic heterocycles. The summed E-state index contributed by atoms with van der Waals surface area (Å²) in [6.45, 7) is 2.46. The highest BCUT2D eigenvalue weighted by Crippen LogP contribution is 2.65. The maximum atomic E-state index is 13.1. The van der Waals surface area contributed by atoms with E-state index in [1.165, 1.54) is 0 Å². The molecule has 0 unspecified atom stereocenters. The predicted molar refractivity (Wildman–Crippen MR) is 109 cm³/mol. The van der Waals surface area contributed by atoms with Gasteiger partial charge in [-0.1, -0.05) is 42.5 Å². The zero-order valence-electron chi connectivity index (χ0n) is 16.2. The summed E-state index contributed by atoms with van der Waals surface area (Å²) in [4.78, 5) is 26.3. The molecule has 5 heteroatoms. The lowest BCUT2D eigenvalue weighted by atomic mass is 9.63. The topological polar surface area (TPSA) is 59.0 Å². The lowest BCUT2D eigenvalue weighted by Gasteiger charge is -2.37. The molecule has 5 aliphatic rings. The molecule has 4 aliphatic carbocycles. The molecule has 0 radical (unpaired) electrons. The van der Waals surface area contributed by atoms with Crippen molar-refractivity contribution in [1.82, 2.24) is 5.01 Å². The second kappa shape index (κ2) is 6.02. The number of carbonyl (C=O) groups excluding carboxylic acids is 2. The summed E-state index contributed by atoms with van der Waals surface area (Å²) in [7, 11) is 0. The van der Waals surface area contributed by atoms with Crippen LogP contribution in [0.15, 0.2) is 53.7 Å². The number of benzene rings is 2. The van der Waals surface area contributed by atoms with Crippen LogP contribution < -0.4 is 4.74 Å². The highest BCUT2D eigenvalue weighted by molar-refractivity contribution is 6.08. The lowest BCUT2D eigenvalue weighted by Crippen LogP contribution is -2.40. The molecule has 2 bridgehead atoms. The minimum Gasteiger partial charge on any atom is -0.493 e. The van der Waals surface area contributed by atoms with Crippen molar-refractivity contribution >= 4 is 28.8 Å². The molecule has 29 heavy (non-hydrogen) atoms. The summed E-state index contributed by atoms with van der Waals surface area (Å²) in [5.41, 5.74) is 0.796. The molecule has 6 atom stereocenters. The smallest absolute Gasteiger partial charge is 0.254 e. The van der Waals surface area contributed by atoms with E-state index in [0.717, 1.165) is 27.8 Å². The molecule has 146 valence electrons. The lowest BCUT2D eigenvalue weighted by molar-refractivity contribution is -0.140. The van der Waals surface area contributed by atoms with Crippen LogP contribution in [0.25, 0.3) is 10.8 Å². The van der Waals surface area contributed by atoms with Crippen LogP contribution in [0.3, 0.4) is 0 Å². The van der Waals surface area contributed by atoms with Crippen LogP contribution in [0.4, 0.5) is 0 Å². The summed E-state index contributed by atoms with van der Waals surface area (Å²) >= 11 is 0. The zero-order chi connectivity index (χ0) is 19.7. The van der Waals surface area contributed by atoms with Crippen LogP contribution in [-0.4, -0.2) is 29.6 Å². The Morgan fingerprint density at radius 1 is 1.03 bits per heavy atom. The molecule has 2 amide bonds. The predicted octanol–water partition coefficient (Wildman–Crippen LogP) is 3.63. The minimum absolute atomic E-state index is 0.140. The van der Waals surface area contributed by atoms with Gasteiger partial charge in [0.2, 0.25) is 0 Å². The highest BCUT2D eigenvalue weighted by Gasteiger charge is 2.67. The van der Waals surface area contributed by atoms with Crippen molar-refractivity contribution in [3.05, 3.63) is 54.1 Å². The maximum Gasteiger partial charge on any atom is 0.254 e. The molecular weight excluding hydrogens is 364 g/mol. The molecule has 1 heterocycles. The van der Waals surface area contributed by atoms with E-state index >= 15 is 0 Å². The molecule has 3 fully saturated rings. The van der Waals surface area contributed by atoms with E-state index in [-0.39, 0.29) is 35.5 Å². The van der Waals surface area contributed by atoms with Gasteiger partial charge in [0.25, 0.3) is 11.8 Å². The molecular formula is C24H22N2O3. The van der Waals surface area contributed by atoms with Crippen LogP contribution in [0.1, 0.15) is 18.9 Å². The third-order valence-electron chi connectivity index (χ3n) is 7.17. The fraction of sp³-hybridized carbons (Fsp3) is 0.375. The number of hydrogen-bond acceptors (Lipinski definition) is 4. The van der Waals surface area contributed by atoms with E-state index in [4.69, 9.17) is 4.74 Å². The summed E-state index contributed by atoms with van der Waals surface area (Å²) in [6.07, 6.45) is 7.13. The number of allylic oxidation sites excluding steroid dienone is 2. The number of imide groups is 1. The van der Waals surface area contributed by atoms with Gasteiger partial charge < -0.3 is 4.74 Å². The molecule has 0 N–H and O–H groups in total. The molecule has 1 saturated heterocycles. The van der Waals surface area contributed by atoms with Crippen LogP contribution >= 0.6 is 0 Å². The Morgan fingerprint density at radius 3 is 2.41 bits per heavy atom. The molecule has 2 aromatic rings. The van der Waals surface area contributed by atoms with Gasteiger partial charge in [-0.25, -0.2) is 0 Å². The first-order valence-corrected chi connectivity index (χ1v) is 10.4. The van der Waals surface area contributed by atoms with Gasteiger partial charge in [-0.05, 0) is 53.9 Å². The zero-order valence-corrected chi connectivity index (χ0v) is 16.2. The Balaban J connectivity index is 1.38. The van der Waals surface area contributed by atoms with E-state index in [2.05, 4.69) is 17.3 Å². The van der Waals surface area contributed by atoms with Crippen molar-refractivity contribution in [2.45, 2.75) is 13.3 Å². The number of rotatable bonds is 4. The minimum atomic E-state index is -0.225. The average Bonchev–Trinajstić information content (AvgIpc) is 3.53. The van der Waals surface area contributed by atoms with Crippen LogP contribution in [0, 0.1) is 35.5 Å². The standard InChI is InChI=1S/C24H22N2O3/c1-2-29-20-10-7-13-5-3-4-6-14(13)19(20)12-25-26-23(27)21-15-8-9-16(18-11-17(15)18)22(21)24(26)28/h3-10,12,15-18,21-22H,2,11H2,1H3/t15-,16-,17-,18-,21+,22+/m0/s1. The number of carbonyl (C=O) groups is 2. The van der Waals surface area contributed by atoms with Crippen molar-refractivity contribution in [3.8, 4) is 5.75 Å². The first-order chi connectivity index (χ1) is 14.2. The number of hydrogen-bond donors (Lipinski definition) is 0. The van der Waals surface area contributed by atoms with Crippen molar-refractivity contribution in [2.75, 3.05) is 6.61 Å². The fourth-order valence-electron chi connectivity index (χ4n) is 5.86. The third-order valence-corrected chi connectivity index (χ3v) is 7.17. The Kier molecular flexibility index (Phi) is 3.52. The highest BCUT2D eigenvalue weighted by atomic mass is 16.5. The molecule has 2 saturated carbocycles. The summed E-state index contributed by atoms with van der Waals surface area (Å²) in [5, 5.41) is 7.59. The quantitative estimate of drug-likeness (QED) is 0.458. The van der Waals surface area contributed by atoms with Crippen molar-refractivity contribution in [2.24, 2.45) is 40.6 Å². The second-order valence-corrected chi connectivity index (χ2v) is 8.52. The fourth-order valence-corrected chi connectivity index (χ4v) is 5.86. The van der Waals surface area contributed by atoms with Gasteiger partial charge in [0.05, 0.1) is 24.7 Å². The summed E-state index contributed by atoms with van der Waals surface area (Å²) in [5.74, 6) is 1.58. The number of amides is 2. The molecule has 0 aromatic heterocycles. The normalized spacial score (nSPS) is 34.2. The van der Waals surface area contributed by atoms with Crippen molar-refractivity contribution in [3.63, 3.8) is 0 Å². The molecule has 0 spiro atoms. The van der Waals surface area contributed by atoms with E-state index < -0.39 is 0 Å². The van der Waals surface area contributed by atoms with E-state index in [1.54, 1.807) is 6.21 Å². The van der Waals surface area contributed by atoms with E-state index in [9.17, 15) is 9.59 Å². The number of hydrazone groups is 1. The number of ether oxygens (including phenoxy) is 1. The molecule has 7 rings (SSSR count). The third kappa shape index (κ3) is 2.30. The second-order valence-electron chi connectivity index (χ2n) is 8.52. The van der Waals surface area contributed by atoms with Gasteiger partial charge in [0.15, 0.2) is 0 Å². The monoisotopic (exact) mass is 386 g/mol. The van der Waals surface area contributed by atoms with Crippen molar-refractivity contribution in [1.29, 1.82) is 0 Å². The first kappa shape index (κ1) is 17.0. The average molecular weight is 386 g/mol. The van der Waals surface area contributed by atoms with Crippen LogP contribution in [0.5, 0.6) is 5.75 Å². The van der Waals surface area contributed by atoms with Gasteiger partial charge in [-0.15, -0.1) is 0 Å². The number of nitrogens with zero attached hydrogens (tertiary/aromatic N) is 2. The SMILES string of the molecule is CCOc1ccc2ccccc2c1C=NN1C(=O)[C@@H]2[C@H]3C=C[C@@H]([C@@H]4C[C@@H]34)[C@H]2C1=O. The first-order valence-electron chi connectivity index (χ1n) is 10.4. The van der Waals surface area contributed by atoms with Gasteiger partial charge >= 0.3 is 0 Å². The Hall–Kier alpha value is -2.95. The van der Waals surface area contributed by atoms with E-state index in [1.807, 2.05) is 43.3 Å². The maximum absolute atomic E-state index is 13.1. The Bertz CT molecular complexity index is 1070. The molecule has 5 nitrogen and oxygen atoms in total. The molecule has 2 aromatic carbocycles.